The molecule has 0 heterocycles. The number of hydrogen-bond acceptors (Lipinski definition) is 4. The number of hydrogen-bond donors (Lipinski definition) is 2. The summed E-state index contributed by atoms with van der Waals surface area (Å²) in [6, 6.07) is 4.98. The first-order valence-corrected chi connectivity index (χ1v) is 6.65. The minimum atomic E-state index is -0.580. The van der Waals surface area contributed by atoms with Gasteiger partial charge in [-0.1, -0.05) is 13.8 Å². The molecule has 0 bridgehead atoms. The summed E-state index contributed by atoms with van der Waals surface area (Å²) in [7, 11) is 3.20. The maximum Gasteiger partial charge on any atom is 0.123 e. The van der Waals surface area contributed by atoms with Gasteiger partial charge in [0.1, 0.15) is 11.5 Å². The monoisotopic (exact) mass is 303 g/mol. The standard InChI is InChI=1S/C15H25NO3.ClH/c1-10(2)5-7-13(17)15(16)12-9-11(18-3)6-8-14(12)19-4;/h6,8-10,13,15,17H,5,7,16H2,1-4H3;1H/t13-,15+;/m1./s1. The van der Waals surface area contributed by atoms with Crippen molar-refractivity contribution in [2.75, 3.05) is 14.2 Å². The van der Waals surface area contributed by atoms with Gasteiger partial charge in [0.05, 0.1) is 26.4 Å². The van der Waals surface area contributed by atoms with Crippen LogP contribution >= 0.6 is 12.4 Å². The lowest BCUT2D eigenvalue weighted by Gasteiger charge is -2.22. The Morgan fingerprint density at radius 3 is 2.30 bits per heavy atom. The van der Waals surface area contributed by atoms with Gasteiger partial charge in [0.2, 0.25) is 0 Å². The molecule has 3 N–H and O–H groups in total. The fraction of sp³-hybridized carbons (Fsp3) is 0.600. The minimum absolute atomic E-state index is 0. The molecule has 0 amide bonds. The summed E-state index contributed by atoms with van der Waals surface area (Å²) < 4.78 is 10.5. The van der Waals surface area contributed by atoms with Crippen molar-refractivity contribution in [2.24, 2.45) is 11.7 Å². The van der Waals surface area contributed by atoms with Crippen molar-refractivity contribution in [1.29, 1.82) is 0 Å². The van der Waals surface area contributed by atoms with Crippen LogP contribution in [-0.2, 0) is 0 Å². The van der Waals surface area contributed by atoms with Crippen LogP contribution in [0.1, 0.15) is 38.3 Å². The van der Waals surface area contributed by atoms with Crippen molar-refractivity contribution in [2.45, 2.75) is 38.8 Å². The number of rotatable bonds is 7. The van der Waals surface area contributed by atoms with Crippen molar-refractivity contribution in [3.05, 3.63) is 23.8 Å². The molecule has 1 aromatic rings. The quantitative estimate of drug-likeness (QED) is 0.813. The van der Waals surface area contributed by atoms with E-state index in [0.717, 1.165) is 12.0 Å². The highest BCUT2D eigenvalue weighted by molar-refractivity contribution is 5.85. The fourth-order valence-corrected chi connectivity index (χ4v) is 1.99. The summed E-state index contributed by atoms with van der Waals surface area (Å²) in [4.78, 5) is 0. The predicted molar refractivity (Wildman–Crippen MR) is 83.8 cm³/mol. The van der Waals surface area contributed by atoms with E-state index >= 15 is 0 Å². The highest BCUT2D eigenvalue weighted by Gasteiger charge is 2.21. The van der Waals surface area contributed by atoms with E-state index in [1.54, 1.807) is 14.2 Å². The lowest BCUT2D eigenvalue weighted by Crippen LogP contribution is -2.27. The molecular formula is C15H26ClNO3. The smallest absolute Gasteiger partial charge is 0.123 e. The highest BCUT2D eigenvalue weighted by Crippen LogP contribution is 2.31. The molecule has 0 saturated carbocycles. The topological polar surface area (TPSA) is 64.7 Å². The molecule has 0 aliphatic heterocycles. The Balaban J connectivity index is 0.00000361. The van der Waals surface area contributed by atoms with Gasteiger partial charge in [-0.25, -0.2) is 0 Å². The summed E-state index contributed by atoms with van der Waals surface area (Å²) in [5.41, 5.74) is 6.92. The van der Waals surface area contributed by atoms with E-state index in [1.807, 2.05) is 18.2 Å². The molecule has 0 saturated heterocycles. The first kappa shape index (κ1) is 19.0. The van der Waals surface area contributed by atoms with Crippen molar-refractivity contribution in [3.63, 3.8) is 0 Å². The van der Waals surface area contributed by atoms with Crippen LogP contribution < -0.4 is 15.2 Å². The van der Waals surface area contributed by atoms with E-state index in [9.17, 15) is 5.11 Å². The Morgan fingerprint density at radius 2 is 1.80 bits per heavy atom. The van der Waals surface area contributed by atoms with E-state index < -0.39 is 12.1 Å². The van der Waals surface area contributed by atoms with Crippen LogP contribution in [0.15, 0.2) is 18.2 Å². The van der Waals surface area contributed by atoms with Gasteiger partial charge in [-0.15, -0.1) is 12.4 Å². The Hall–Kier alpha value is -0.970. The summed E-state index contributed by atoms with van der Waals surface area (Å²) in [5.74, 6) is 1.94. The Morgan fingerprint density at radius 1 is 1.15 bits per heavy atom. The third-order valence-corrected chi connectivity index (χ3v) is 3.25. The maximum atomic E-state index is 10.2. The highest BCUT2D eigenvalue weighted by atomic mass is 35.5. The molecule has 20 heavy (non-hydrogen) atoms. The van der Waals surface area contributed by atoms with Crippen LogP contribution in [0.25, 0.3) is 0 Å². The molecule has 4 nitrogen and oxygen atoms in total. The molecule has 116 valence electrons. The van der Waals surface area contributed by atoms with Crippen LogP contribution in [0.4, 0.5) is 0 Å². The number of nitrogens with two attached hydrogens (primary N) is 1. The van der Waals surface area contributed by atoms with E-state index in [-0.39, 0.29) is 12.4 Å². The average molecular weight is 304 g/mol. The number of benzene rings is 1. The molecule has 1 aromatic carbocycles. The third kappa shape index (κ3) is 5.19. The molecule has 2 atom stereocenters. The van der Waals surface area contributed by atoms with Crippen molar-refractivity contribution >= 4 is 12.4 Å². The Kier molecular flexibility index (Phi) is 8.62. The summed E-state index contributed by atoms with van der Waals surface area (Å²) in [6.45, 7) is 4.26. The molecule has 0 fully saturated rings. The second-order valence-corrected chi connectivity index (χ2v) is 5.17. The average Bonchev–Trinajstić information content (AvgIpc) is 2.42. The van der Waals surface area contributed by atoms with E-state index in [1.165, 1.54) is 0 Å². The first-order chi connectivity index (χ1) is 8.99. The maximum absolute atomic E-state index is 10.2. The summed E-state index contributed by atoms with van der Waals surface area (Å²) in [5, 5.41) is 10.2. The number of methoxy groups -OCH3 is 2. The number of halogens is 1. The summed E-state index contributed by atoms with van der Waals surface area (Å²) >= 11 is 0. The first-order valence-electron chi connectivity index (χ1n) is 6.65. The van der Waals surface area contributed by atoms with Crippen molar-refractivity contribution in [1.82, 2.24) is 0 Å². The zero-order chi connectivity index (χ0) is 14.4. The van der Waals surface area contributed by atoms with E-state index in [4.69, 9.17) is 15.2 Å². The van der Waals surface area contributed by atoms with Crippen molar-refractivity contribution < 1.29 is 14.6 Å². The zero-order valence-electron chi connectivity index (χ0n) is 12.6. The van der Waals surface area contributed by atoms with Gasteiger partial charge in [-0.05, 0) is 37.0 Å². The van der Waals surface area contributed by atoms with Gasteiger partial charge in [0.25, 0.3) is 0 Å². The van der Waals surface area contributed by atoms with Gasteiger partial charge < -0.3 is 20.3 Å². The lowest BCUT2D eigenvalue weighted by molar-refractivity contribution is 0.127. The molecule has 0 aliphatic rings. The Bertz CT molecular complexity index is 399. The molecule has 5 heteroatoms. The van der Waals surface area contributed by atoms with Gasteiger partial charge in [-0.2, -0.15) is 0 Å². The largest absolute Gasteiger partial charge is 0.497 e. The molecule has 0 spiro atoms. The lowest BCUT2D eigenvalue weighted by atomic mass is 9.95. The Labute approximate surface area is 127 Å². The SMILES string of the molecule is COc1ccc(OC)c([C@H](N)[C@H](O)CCC(C)C)c1.Cl. The van der Waals surface area contributed by atoms with E-state index in [2.05, 4.69) is 13.8 Å². The van der Waals surface area contributed by atoms with Crippen molar-refractivity contribution in [3.8, 4) is 11.5 Å². The van der Waals surface area contributed by atoms with Crippen LogP contribution in [0.3, 0.4) is 0 Å². The fourth-order valence-electron chi connectivity index (χ4n) is 1.99. The zero-order valence-corrected chi connectivity index (χ0v) is 13.4. The molecule has 1 rings (SSSR count). The van der Waals surface area contributed by atoms with Gasteiger partial charge >= 0.3 is 0 Å². The van der Waals surface area contributed by atoms with Crippen LogP contribution in [0.5, 0.6) is 11.5 Å². The van der Waals surface area contributed by atoms with Gasteiger partial charge in [0.15, 0.2) is 0 Å². The predicted octanol–water partition coefficient (Wildman–Crippen LogP) is 2.92. The normalized spacial score (nSPS) is 13.6. The van der Waals surface area contributed by atoms with Gasteiger partial charge in [0, 0.05) is 5.56 Å². The molecule has 0 unspecified atom stereocenters. The number of aliphatic hydroxyl groups is 1. The molecular weight excluding hydrogens is 278 g/mol. The number of ether oxygens (including phenoxy) is 2. The van der Waals surface area contributed by atoms with Crippen LogP contribution in [0, 0.1) is 5.92 Å². The molecule has 0 aromatic heterocycles. The molecule has 0 radical (unpaired) electrons. The third-order valence-electron chi connectivity index (χ3n) is 3.25. The summed E-state index contributed by atoms with van der Waals surface area (Å²) in [6.07, 6.45) is 1.05. The van der Waals surface area contributed by atoms with Crippen LogP contribution in [-0.4, -0.2) is 25.4 Å². The number of aliphatic hydroxyl groups excluding tert-OH is 1. The second kappa shape index (κ2) is 9.06. The van der Waals surface area contributed by atoms with E-state index in [0.29, 0.717) is 23.8 Å². The molecule has 0 aliphatic carbocycles. The van der Waals surface area contributed by atoms with Gasteiger partial charge in [-0.3, -0.25) is 0 Å². The second-order valence-electron chi connectivity index (χ2n) is 5.17. The van der Waals surface area contributed by atoms with Crippen LogP contribution in [0.2, 0.25) is 0 Å². The minimum Gasteiger partial charge on any atom is -0.497 e.